The lowest BCUT2D eigenvalue weighted by atomic mass is 10.1. The lowest BCUT2D eigenvalue weighted by Gasteiger charge is -2.22. The van der Waals surface area contributed by atoms with Gasteiger partial charge in [-0.3, -0.25) is 4.79 Å². The third-order valence-electron chi connectivity index (χ3n) is 6.14. The number of benzene rings is 2. The van der Waals surface area contributed by atoms with Gasteiger partial charge in [-0.05, 0) is 58.6 Å². The highest BCUT2D eigenvalue weighted by Crippen LogP contribution is 2.45. The molecule has 2 aromatic carbocycles. The van der Waals surface area contributed by atoms with Crippen LogP contribution < -0.4 is 10.2 Å². The van der Waals surface area contributed by atoms with Crippen LogP contribution in [-0.2, 0) is 4.74 Å². The average molecular weight is 467 g/mol. The molecular weight excluding hydrogens is 432 g/mol. The summed E-state index contributed by atoms with van der Waals surface area (Å²) in [4.78, 5) is 14.9. The van der Waals surface area contributed by atoms with E-state index in [2.05, 4.69) is 25.2 Å². The number of allylic oxidation sites excluding steroid dienone is 3. The summed E-state index contributed by atoms with van der Waals surface area (Å²) in [5, 5.41) is 33.8. The molecule has 182 valence electrons. The molecule has 0 bridgehead atoms. The molecule has 0 spiro atoms. The maximum Gasteiger partial charge on any atom is 0.260 e. The van der Waals surface area contributed by atoms with E-state index < -0.39 is 0 Å². The molecule has 7 heteroatoms. The third kappa shape index (κ3) is 5.91. The number of ether oxygens (including phenoxy) is 1. The zero-order chi connectivity index (χ0) is 24.8. The Morgan fingerprint density at radius 2 is 1.79 bits per heavy atom. The van der Waals surface area contributed by atoms with Gasteiger partial charge < -0.3 is 30.3 Å². The van der Waals surface area contributed by atoms with Crippen molar-refractivity contribution < 1.29 is 24.9 Å². The Balaban J connectivity index is 1.79. The van der Waals surface area contributed by atoms with E-state index in [9.17, 15) is 20.1 Å². The van der Waals surface area contributed by atoms with Gasteiger partial charge >= 0.3 is 0 Å². The quantitative estimate of drug-likeness (QED) is 0.206. The number of para-hydroxylation sites is 1. The zero-order valence-corrected chi connectivity index (χ0v) is 20.3. The topological polar surface area (TPSA) is 102 Å². The van der Waals surface area contributed by atoms with Crippen LogP contribution in [0.25, 0.3) is 0 Å². The van der Waals surface area contributed by atoms with Gasteiger partial charge in [0.1, 0.15) is 22.9 Å². The van der Waals surface area contributed by atoms with Crippen LogP contribution in [0.3, 0.4) is 0 Å². The van der Waals surface area contributed by atoms with E-state index in [1.807, 2.05) is 13.0 Å². The van der Waals surface area contributed by atoms with Crippen LogP contribution in [0.2, 0.25) is 0 Å². The number of phenolic OH excluding ortho intramolecular Hbond substituents is 3. The van der Waals surface area contributed by atoms with Gasteiger partial charge in [-0.1, -0.05) is 29.4 Å². The molecule has 1 heterocycles. The Bertz CT molecular complexity index is 1110. The van der Waals surface area contributed by atoms with Crippen LogP contribution in [-0.4, -0.2) is 41.0 Å². The summed E-state index contributed by atoms with van der Waals surface area (Å²) < 4.78 is 5.30. The Morgan fingerprint density at radius 3 is 2.53 bits per heavy atom. The summed E-state index contributed by atoms with van der Waals surface area (Å²) in [5.74, 6) is -0.808. The molecule has 1 atom stereocenters. The normalized spacial score (nSPS) is 14.8. The molecule has 2 aromatic rings. The summed E-state index contributed by atoms with van der Waals surface area (Å²) in [6, 6.07) is 7.32. The van der Waals surface area contributed by atoms with Crippen molar-refractivity contribution in [2.45, 2.75) is 52.6 Å². The Labute approximate surface area is 201 Å². The third-order valence-corrected chi connectivity index (χ3v) is 6.14. The predicted molar refractivity (Wildman–Crippen MR) is 135 cm³/mol. The maximum absolute atomic E-state index is 13.4. The lowest BCUT2D eigenvalue weighted by molar-refractivity contribution is 0.0990. The van der Waals surface area contributed by atoms with Crippen LogP contribution in [0.4, 0.5) is 17.1 Å². The zero-order valence-electron chi connectivity index (χ0n) is 20.3. The fourth-order valence-electron chi connectivity index (χ4n) is 3.90. The van der Waals surface area contributed by atoms with E-state index >= 15 is 0 Å². The molecule has 1 aliphatic rings. The van der Waals surface area contributed by atoms with Crippen molar-refractivity contribution in [3.05, 3.63) is 59.2 Å². The maximum atomic E-state index is 13.4. The Kier molecular flexibility index (Phi) is 8.23. The SMILES string of the molecule is COC(C)CC/C(C)=C/CC/C(C)=C/CN1C(=O)c2cccc(O)c2Nc2c(O)cc(O)cc21. The molecule has 1 unspecified atom stereocenters. The van der Waals surface area contributed by atoms with Gasteiger partial charge in [0.25, 0.3) is 5.91 Å². The molecule has 1 amide bonds. The van der Waals surface area contributed by atoms with E-state index in [0.717, 1.165) is 31.3 Å². The Morgan fingerprint density at radius 1 is 1.06 bits per heavy atom. The highest BCUT2D eigenvalue weighted by molar-refractivity contribution is 6.15. The highest BCUT2D eigenvalue weighted by atomic mass is 16.5. The van der Waals surface area contributed by atoms with Gasteiger partial charge in [-0.15, -0.1) is 0 Å². The Hall–Kier alpha value is -3.45. The van der Waals surface area contributed by atoms with E-state index in [1.54, 1.807) is 19.2 Å². The lowest BCUT2D eigenvalue weighted by Crippen LogP contribution is -2.30. The summed E-state index contributed by atoms with van der Waals surface area (Å²) in [7, 11) is 1.73. The molecule has 0 saturated carbocycles. The van der Waals surface area contributed by atoms with Crippen molar-refractivity contribution in [1.82, 2.24) is 0 Å². The molecule has 0 radical (unpaired) electrons. The fraction of sp³-hybridized carbons (Fsp3) is 0.370. The first-order valence-electron chi connectivity index (χ1n) is 11.5. The second-order valence-corrected chi connectivity index (χ2v) is 8.82. The molecule has 3 rings (SSSR count). The van der Waals surface area contributed by atoms with Crippen molar-refractivity contribution >= 4 is 23.0 Å². The first-order chi connectivity index (χ1) is 16.2. The number of hydrogen-bond acceptors (Lipinski definition) is 6. The van der Waals surface area contributed by atoms with Crippen LogP contribution >= 0.6 is 0 Å². The van der Waals surface area contributed by atoms with Gasteiger partial charge in [0, 0.05) is 25.8 Å². The molecule has 7 nitrogen and oxygen atoms in total. The summed E-state index contributed by atoms with van der Waals surface area (Å²) in [5.41, 5.74) is 3.56. The van der Waals surface area contributed by atoms with Gasteiger partial charge in [0.2, 0.25) is 0 Å². The number of aromatic hydroxyl groups is 3. The number of phenols is 3. The molecule has 1 aliphatic heterocycles. The number of methoxy groups -OCH3 is 1. The molecule has 4 N–H and O–H groups in total. The summed E-state index contributed by atoms with van der Waals surface area (Å²) >= 11 is 0. The minimum Gasteiger partial charge on any atom is -0.508 e. The summed E-state index contributed by atoms with van der Waals surface area (Å²) in [6.45, 7) is 6.48. The average Bonchev–Trinajstić information content (AvgIpc) is 2.91. The number of carbonyl (C=O) groups is 1. The molecule has 0 fully saturated rings. The van der Waals surface area contributed by atoms with Crippen LogP contribution in [0.5, 0.6) is 17.2 Å². The van der Waals surface area contributed by atoms with Gasteiger partial charge in [0.05, 0.1) is 23.0 Å². The molecule has 0 aliphatic carbocycles. The second kappa shape index (κ2) is 11.1. The van der Waals surface area contributed by atoms with Crippen LogP contribution in [0, 0.1) is 0 Å². The number of hydrogen-bond donors (Lipinski definition) is 4. The molecule has 34 heavy (non-hydrogen) atoms. The molecular formula is C27H34N2O5. The van der Waals surface area contributed by atoms with E-state index in [4.69, 9.17) is 4.74 Å². The van der Waals surface area contributed by atoms with E-state index in [1.165, 1.54) is 28.7 Å². The number of nitrogens with zero attached hydrogens (tertiary/aromatic N) is 1. The van der Waals surface area contributed by atoms with E-state index in [-0.39, 0.29) is 52.7 Å². The van der Waals surface area contributed by atoms with Crippen molar-refractivity contribution in [2.75, 3.05) is 23.9 Å². The van der Waals surface area contributed by atoms with Crippen molar-refractivity contribution in [1.29, 1.82) is 0 Å². The minimum atomic E-state index is -0.339. The number of amides is 1. The largest absolute Gasteiger partial charge is 0.508 e. The molecule has 0 aromatic heterocycles. The standard InChI is InChI=1S/C27H34N2O5/c1-17(11-12-19(3)34-4)7-5-8-18(2)13-14-29-22-15-20(30)16-24(32)26(22)28-25-21(27(29)33)9-6-10-23(25)31/h6-7,9-10,13,15-16,19,28,30-32H,5,8,11-12,14H2,1-4H3/b17-7+,18-13+. The number of nitrogens with one attached hydrogen (secondary N) is 1. The van der Waals surface area contributed by atoms with Crippen molar-refractivity contribution in [3.63, 3.8) is 0 Å². The number of carbonyl (C=O) groups excluding carboxylic acids is 1. The second-order valence-electron chi connectivity index (χ2n) is 8.82. The first kappa shape index (κ1) is 25.2. The van der Waals surface area contributed by atoms with Gasteiger partial charge in [0.15, 0.2) is 0 Å². The van der Waals surface area contributed by atoms with Crippen molar-refractivity contribution in [3.8, 4) is 17.2 Å². The number of fused-ring (bicyclic) bond motifs is 2. The summed E-state index contributed by atoms with van der Waals surface area (Å²) in [6.07, 6.45) is 8.22. The highest BCUT2D eigenvalue weighted by Gasteiger charge is 2.29. The fourth-order valence-corrected chi connectivity index (χ4v) is 3.90. The van der Waals surface area contributed by atoms with Crippen LogP contribution in [0.1, 0.15) is 56.8 Å². The smallest absolute Gasteiger partial charge is 0.260 e. The predicted octanol–water partition coefficient (Wildman–Crippen LogP) is 6.00. The van der Waals surface area contributed by atoms with Crippen LogP contribution in [0.15, 0.2) is 53.6 Å². The first-order valence-corrected chi connectivity index (χ1v) is 11.5. The van der Waals surface area contributed by atoms with Crippen molar-refractivity contribution in [2.24, 2.45) is 0 Å². The number of rotatable bonds is 9. The van der Waals surface area contributed by atoms with E-state index in [0.29, 0.717) is 5.69 Å². The van der Waals surface area contributed by atoms with Gasteiger partial charge in [-0.2, -0.15) is 0 Å². The minimum absolute atomic E-state index is 0.0973. The number of anilines is 3. The molecule has 0 saturated heterocycles. The van der Waals surface area contributed by atoms with Gasteiger partial charge in [-0.25, -0.2) is 0 Å². The monoisotopic (exact) mass is 466 g/mol.